The van der Waals surface area contributed by atoms with Gasteiger partial charge in [-0.3, -0.25) is 0 Å². The molecule has 0 amide bonds. The second-order valence-corrected chi connectivity index (χ2v) is 6.59. The van der Waals surface area contributed by atoms with E-state index in [1.54, 1.807) is 11.3 Å². The van der Waals surface area contributed by atoms with Crippen molar-refractivity contribution >= 4 is 33.3 Å². The number of hydrogen-bond acceptors (Lipinski definition) is 6. The average Bonchev–Trinajstić information content (AvgIpc) is 2.76. The number of aromatic nitrogens is 2. The van der Waals surface area contributed by atoms with Gasteiger partial charge in [-0.15, -0.1) is 11.3 Å². The number of nitrogens with zero attached hydrogens (tertiary/aromatic N) is 3. The van der Waals surface area contributed by atoms with Gasteiger partial charge < -0.3 is 15.0 Å². The van der Waals surface area contributed by atoms with Gasteiger partial charge in [0.2, 0.25) is 5.95 Å². The molecule has 3 heterocycles. The van der Waals surface area contributed by atoms with Crippen molar-refractivity contribution < 1.29 is 4.74 Å². The van der Waals surface area contributed by atoms with Crippen LogP contribution in [0.4, 0.5) is 11.8 Å². The topological polar surface area (TPSA) is 50.3 Å². The molecular formula is C14H20N4OS. The van der Waals surface area contributed by atoms with Gasteiger partial charge in [0.05, 0.1) is 17.6 Å². The van der Waals surface area contributed by atoms with Crippen LogP contribution >= 0.6 is 11.3 Å². The molecule has 2 aromatic heterocycles. The smallest absolute Gasteiger partial charge is 0.225 e. The molecule has 0 saturated carbocycles. The van der Waals surface area contributed by atoms with Crippen molar-refractivity contribution in [3.05, 3.63) is 10.9 Å². The SMILES string of the molecule is CNc1nc(N2CC(C)OC(C)C2)c2cc(C)sc2n1. The van der Waals surface area contributed by atoms with Crippen LogP contribution in [0.3, 0.4) is 0 Å². The van der Waals surface area contributed by atoms with Crippen molar-refractivity contribution in [1.82, 2.24) is 9.97 Å². The van der Waals surface area contributed by atoms with Gasteiger partial charge >= 0.3 is 0 Å². The zero-order valence-electron chi connectivity index (χ0n) is 12.3. The molecule has 0 aliphatic carbocycles. The lowest BCUT2D eigenvalue weighted by molar-refractivity contribution is -0.00536. The number of nitrogens with one attached hydrogen (secondary N) is 1. The molecule has 2 atom stereocenters. The van der Waals surface area contributed by atoms with Crippen molar-refractivity contribution in [3.8, 4) is 0 Å². The fraction of sp³-hybridized carbons (Fsp3) is 0.571. The molecule has 1 aliphatic heterocycles. The summed E-state index contributed by atoms with van der Waals surface area (Å²) < 4.78 is 5.81. The van der Waals surface area contributed by atoms with E-state index < -0.39 is 0 Å². The fourth-order valence-corrected chi connectivity index (χ4v) is 3.60. The Kier molecular flexibility index (Phi) is 3.52. The molecular weight excluding hydrogens is 272 g/mol. The summed E-state index contributed by atoms with van der Waals surface area (Å²) in [6.45, 7) is 8.07. The molecule has 1 aliphatic rings. The van der Waals surface area contributed by atoms with Gasteiger partial charge in [0.25, 0.3) is 0 Å². The summed E-state index contributed by atoms with van der Waals surface area (Å²) in [7, 11) is 1.86. The van der Waals surface area contributed by atoms with Gasteiger partial charge in [0, 0.05) is 25.0 Å². The number of morpholine rings is 1. The third kappa shape index (κ3) is 2.45. The maximum Gasteiger partial charge on any atom is 0.225 e. The number of fused-ring (bicyclic) bond motifs is 1. The summed E-state index contributed by atoms with van der Waals surface area (Å²) in [5.74, 6) is 1.70. The Morgan fingerprint density at radius 3 is 2.65 bits per heavy atom. The Hall–Kier alpha value is -1.40. The Morgan fingerprint density at radius 1 is 1.30 bits per heavy atom. The fourth-order valence-electron chi connectivity index (χ4n) is 2.73. The minimum Gasteiger partial charge on any atom is -0.372 e. The molecule has 108 valence electrons. The molecule has 0 aromatic carbocycles. The second-order valence-electron chi connectivity index (χ2n) is 5.36. The molecule has 0 radical (unpaired) electrons. The maximum absolute atomic E-state index is 5.81. The number of hydrogen-bond donors (Lipinski definition) is 1. The van der Waals surface area contributed by atoms with E-state index in [0.717, 1.165) is 29.1 Å². The third-order valence-electron chi connectivity index (χ3n) is 3.44. The Bertz CT molecular complexity index is 617. The number of thiophene rings is 1. The average molecular weight is 292 g/mol. The van der Waals surface area contributed by atoms with Gasteiger partial charge in [0.1, 0.15) is 10.6 Å². The van der Waals surface area contributed by atoms with Gasteiger partial charge in [-0.1, -0.05) is 0 Å². The van der Waals surface area contributed by atoms with Gasteiger partial charge in [0.15, 0.2) is 0 Å². The second kappa shape index (κ2) is 5.18. The van der Waals surface area contributed by atoms with E-state index in [1.807, 2.05) is 7.05 Å². The van der Waals surface area contributed by atoms with Crippen LogP contribution in [-0.4, -0.2) is 42.3 Å². The molecule has 20 heavy (non-hydrogen) atoms. The van der Waals surface area contributed by atoms with Crippen LogP contribution in [0, 0.1) is 6.92 Å². The standard InChI is InChI=1S/C14H20N4OS/c1-8-6-18(7-9(2)19-8)12-11-5-10(3)20-13(11)17-14(15-4)16-12/h5,8-9H,6-7H2,1-4H3,(H,15,16,17). The predicted molar refractivity (Wildman–Crippen MR) is 83.9 cm³/mol. The highest BCUT2D eigenvalue weighted by Gasteiger charge is 2.25. The number of anilines is 2. The zero-order valence-corrected chi connectivity index (χ0v) is 13.1. The van der Waals surface area contributed by atoms with Gasteiger partial charge in [-0.2, -0.15) is 4.98 Å². The Balaban J connectivity index is 2.08. The molecule has 1 saturated heterocycles. The largest absolute Gasteiger partial charge is 0.372 e. The van der Waals surface area contributed by atoms with Crippen molar-refractivity contribution in [1.29, 1.82) is 0 Å². The van der Waals surface area contributed by atoms with Crippen LogP contribution in [0.25, 0.3) is 10.2 Å². The molecule has 0 bridgehead atoms. The highest BCUT2D eigenvalue weighted by atomic mass is 32.1. The summed E-state index contributed by atoms with van der Waals surface area (Å²) in [5, 5.41) is 4.20. The minimum absolute atomic E-state index is 0.224. The van der Waals surface area contributed by atoms with Crippen molar-refractivity contribution in [2.24, 2.45) is 0 Å². The lowest BCUT2D eigenvalue weighted by Crippen LogP contribution is -2.46. The highest BCUT2D eigenvalue weighted by molar-refractivity contribution is 7.18. The van der Waals surface area contributed by atoms with E-state index in [0.29, 0.717) is 5.95 Å². The van der Waals surface area contributed by atoms with Crippen LogP contribution in [0.5, 0.6) is 0 Å². The molecule has 2 unspecified atom stereocenters. The van der Waals surface area contributed by atoms with Crippen molar-refractivity contribution in [3.63, 3.8) is 0 Å². The number of rotatable bonds is 2. The monoisotopic (exact) mass is 292 g/mol. The van der Waals surface area contributed by atoms with Crippen LogP contribution < -0.4 is 10.2 Å². The van der Waals surface area contributed by atoms with Crippen LogP contribution in [0.2, 0.25) is 0 Å². The lowest BCUT2D eigenvalue weighted by atomic mass is 10.2. The first-order chi connectivity index (χ1) is 9.56. The van der Waals surface area contributed by atoms with E-state index in [-0.39, 0.29) is 12.2 Å². The van der Waals surface area contributed by atoms with Gasteiger partial charge in [-0.25, -0.2) is 4.98 Å². The van der Waals surface area contributed by atoms with E-state index in [2.05, 4.69) is 47.0 Å². The van der Waals surface area contributed by atoms with E-state index in [9.17, 15) is 0 Å². The Morgan fingerprint density at radius 2 is 2.00 bits per heavy atom. The minimum atomic E-state index is 0.224. The number of ether oxygens (including phenoxy) is 1. The zero-order chi connectivity index (χ0) is 14.3. The number of aryl methyl sites for hydroxylation is 1. The quantitative estimate of drug-likeness (QED) is 0.922. The molecule has 1 N–H and O–H groups in total. The third-order valence-corrected chi connectivity index (χ3v) is 4.38. The highest BCUT2D eigenvalue weighted by Crippen LogP contribution is 2.32. The predicted octanol–water partition coefficient (Wildman–Crippen LogP) is 2.66. The normalized spacial score (nSPS) is 23.3. The Labute approximate surface area is 123 Å². The molecule has 0 spiro atoms. The lowest BCUT2D eigenvalue weighted by Gasteiger charge is -2.36. The van der Waals surface area contributed by atoms with Crippen LogP contribution in [0.1, 0.15) is 18.7 Å². The molecule has 2 aromatic rings. The summed E-state index contributed by atoms with van der Waals surface area (Å²) in [6.07, 6.45) is 0.447. The molecule has 3 rings (SSSR count). The van der Waals surface area contributed by atoms with E-state index in [1.165, 1.54) is 4.88 Å². The summed E-state index contributed by atoms with van der Waals surface area (Å²) in [5.41, 5.74) is 0. The molecule has 5 nitrogen and oxygen atoms in total. The van der Waals surface area contributed by atoms with Gasteiger partial charge in [-0.05, 0) is 26.8 Å². The first-order valence-corrected chi connectivity index (χ1v) is 7.75. The summed E-state index contributed by atoms with van der Waals surface area (Å²) >= 11 is 1.71. The molecule has 6 heteroatoms. The van der Waals surface area contributed by atoms with Crippen molar-refractivity contribution in [2.45, 2.75) is 33.0 Å². The van der Waals surface area contributed by atoms with E-state index in [4.69, 9.17) is 4.74 Å². The van der Waals surface area contributed by atoms with E-state index >= 15 is 0 Å². The first kappa shape index (κ1) is 13.6. The molecule has 1 fully saturated rings. The summed E-state index contributed by atoms with van der Waals surface area (Å²) in [6, 6.07) is 2.18. The first-order valence-electron chi connectivity index (χ1n) is 6.93. The summed E-state index contributed by atoms with van der Waals surface area (Å²) in [4.78, 5) is 13.8. The maximum atomic E-state index is 5.81. The van der Waals surface area contributed by atoms with Crippen molar-refractivity contribution in [2.75, 3.05) is 30.4 Å². The van der Waals surface area contributed by atoms with Crippen LogP contribution in [-0.2, 0) is 4.74 Å². The van der Waals surface area contributed by atoms with Crippen LogP contribution in [0.15, 0.2) is 6.07 Å².